The number of hydrogen-bond donors (Lipinski definition) is 0. The van der Waals surface area contributed by atoms with Crippen molar-refractivity contribution in [3.05, 3.63) is 0 Å². The van der Waals surface area contributed by atoms with Crippen molar-refractivity contribution < 1.29 is 28.5 Å². The fourth-order valence-electron chi connectivity index (χ4n) is 7.57. The van der Waals surface area contributed by atoms with Crippen molar-refractivity contribution >= 4 is 5.78 Å². The molecule has 0 N–H and O–H groups in total. The van der Waals surface area contributed by atoms with Gasteiger partial charge in [0.25, 0.3) is 0 Å². The molecule has 0 radical (unpaired) electrons. The summed E-state index contributed by atoms with van der Waals surface area (Å²) < 4.78 is 31.1. The van der Waals surface area contributed by atoms with E-state index >= 15 is 0 Å². The highest BCUT2D eigenvalue weighted by molar-refractivity contribution is 5.83. The van der Waals surface area contributed by atoms with Gasteiger partial charge >= 0.3 is 0 Å². The number of ketones is 1. The second-order valence-electron chi connectivity index (χ2n) is 10.0. The summed E-state index contributed by atoms with van der Waals surface area (Å²) in [7, 11) is 0. The van der Waals surface area contributed by atoms with Crippen LogP contribution >= 0.6 is 0 Å². The van der Waals surface area contributed by atoms with Crippen LogP contribution in [0.15, 0.2) is 0 Å². The number of carbonyl (C=O) groups is 1. The van der Waals surface area contributed by atoms with E-state index in [2.05, 4.69) is 6.92 Å². The molecule has 0 aromatic carbocycles. The Labute approximate surface area is 166 Å². The van der Waals surface area contributed by atoms with Crippen molar-refractivity contribution in [1.82, 2.24) is 0 Å². The van der Waals surface area contributed by atoms with Crippen LogP contribution in [0.1, 0.15) is 64.7 Å². The first kappa shape index (κ1) is 18.3. The second-order valence-corrected chi connectivity index (χ2v) is 10.0. The molecule has 0 amide bonds. The number of ether oxygens (including phenoxy) is 5. The minimum atomic E-state index is -0.545. The topological polar surface area (TPSA) is 63.2 Å². The molecule has 6 aliphatic rings. The predicted octanol–water partition coefficient (Wildman–Crippen LogP) is 2.97. The third-order valence-electron chi connectivity index (χ3n) is 8.86. The minimum absolute atomic E-state index is 0.00607. The Morgan fingerprint density at radius 2 is 1.50 bits per heavy atom. The quantitative estimate of drug-likeness (QED) is 0.632. The van der Waals surface area contributed by atoms with Crippen LogP contribution in [-0.2, 0) is 28.5 Å². The summed E-state index contributed by atoms with van der Waals surface area (Å²) in [6.07, 6.45) is 7.69. The van der Waals surface area contributed by atoms with Gasteiger partial charge in [-0.15, -0.1) is 0 Å². The van der Waals surface area contributed by atoms with Crippen LogP contribution in [0.3, 0.4) is 0 Å². The van der Waals surface area contributed by atoms with Crippen LogP contribution in [0.2, 0.25) is 0 Å². The minimum Gasteiger partial charge on any atom is -0.367 e. The highest BCUT2D eigenvalue weighted by Crippen LogP contribution is 2.67. The highest BCUT2D eigenvalue weighted by atomic mass is 16.7. The highest BCUT2D eigenvalue weighted by Gasteiger charge is 2.73. The number of carbonyl (C=O) groups excluding carboxylic acids is 1. The zero-order valence-electron chi connectivity index (χ0n) is 16.9. The molecule has 6 rings (SSSR count). The van der Waals surface area contributed by atoms with Gasteiger partial charge in [-0.05, 0) is 31.6 Å². The zero-order chi connectivity index (χ0) is 19.0. The van der Waals surface area contributed by atoms with E-state index in [1.807, 2.05) is 0 Å². The lowest BCUT2D eigenvalue weighted by Gasteiger charge is -2.47. The SMILES string of the molecule is C[C@H]1CCC2(CCC(=O)C3C4CCC5(CC46CC[C@@]31O6)OCCO5)OCCO2. The molecule has 156 valence electrons. The van der Waals surface area contributed by atoms with E-state index in [1.54, 1.807) is 0 Å². The van der Waals surface area contributed by atoms with E-state index in [9.17, 15) is 4.79 Å². The molecular formula is C22H32O6. The van der Waals surface area contributed by atoms with Gasteiger partial charge in [-0.25, -0.2) is 0 Å². The molecule has 6 nitrogen and oxygen atoms in total. The molecule has 5 atom stereocenters. The summed E-state index contributed by atoms with van der Waals surface area (Å²) >= 11 is 0. The lowest BCUT2D eigenvalue weighted by molar-refractivity contribution is -0.229. The molecule has 6 fully saturated rings. The van der Waals surface area contributed by atoms with Crippen molar-refractivity contribution in [2.45, 2.75) is 87.5 Å². The van der Waals surface area contributed by atoms with Gasteiger partial charge in [0.15, 0.2) is 11.6 Å². The smallest absolute Gasteiger partial charge is 0.171 e. The predicted molar refractivity (Wildman–Crippen MR) is 98.5 cm³/mol. The fraction of sp³-hybridized carbons (Fsp3) is 0.955. The van der Waals surface area contributed by atoms with Gasteiger partial charge in [-0.3, -0.25) is 4.79 Å². The Kier molecular flexibility index (Phi) is 3.92. The Hall–Kier alpha value is -0.530. The molecule has 28 heavy (non-hydrogen) atoms. The van der Waals surface area contributed by atoms with Crippen LogP contribution in [0.5, 0.6) is 0 Å². The summed E-state index contributed by atoms with van der Waals surface area (Å²) in [4.78, 5) is 13.6. The van der Waals surface area contributed by atoms with Gasteiger partial charge < -0.3 is 23.7 Å². The molecule has 4 aliphatic heterocycles. The fourth-order valence-corrected chi connectivity index (χ4v) is 7.57. The third-order valence-corrected chi connectivity index (χ3v) is 8.86. The molecule has 6 heteroatoms. The lowest BCUT2D eigenvalue weighted by Crippen LogP contribution is -2.53. The second kappa shape index (κ2) is 6.01. The summed E-state index contributed by atoms with van der Waals surface area (Å²) in [5.41, 5.74) is -0.565. The molecule has 3 unspecified atom stereocenters. The van der Waals surface area contributed by atoms with Gasteiger partial charge in [-0.1, -0.05) is 6.92 Å². The number of Topliss-reactive ketones (excluding diaryl/α,β-unsaturated/α-hetero) is 1. The van der Waals surface area contributed by atoms with Crippen LogP contribution in [0.4, 0.5) is 0 Å². The maximum Gasteiger partial charge on any atom is 0.171 e. The molecule has 0 aromatic rings. The molecule has 2 bridgehead atoms. The van der Waals surface area contributed by atoms with Gasteiger partial charge in [0.1, 0.15) is 5.78 Å². The van der Waals surface area contributed by atoms with E-state index in [4.69, 9.17) is 23.7 Å². The molecule has 2 aliphatic carbocycles. The van der Waals surface area contributed by atoms with Gasteiger partial charge in [0.2, 0.25) is 0 Å². The normalized spacial score (nSPS) is 49.0. The van der Waals surface area contributed by atoms with E-state index in [0.29, 0.717) is 56.9 Å². The van der Waals surface area contributed by atoms with E-state index in [0.717, 1.165) is 44.9 Å². The molecule has 4 heterocycles. The summed E-state index contributed by atoms with van der Waals surface area (Å²) in [5.74, 6) is -0.0310. The van der Waals surface area contributed by atoms with Crippen LogP contribution < -0.4 is 0 Å². The Bertz CT molecular complexity index is 666. The number of rotatable bonds is 0. The van der Waals surface area contributed by atoms with E-state index in [1.165, 1.54) is 0 Å². The number of fused-ring (bicyclic) bond motifs is 1. The first-order valence-corrected chi connectivity index (χ1v) is 11.3. The monoisotopic (exact) mass is 392 g/mol. The largest absolute Gasteiger partial charge is 0.367 e. The van der Waals surface area contributed by atoms with E-state index < -0.39 is 11.6 Å². The molecule has 4 spiro atoms. The molecule has 0 aromatic heterocycles. The average molecular weight is 392 g/mol. The Morgan fingerprint density at radius 3 is 2.25 bits per heavy atom. The van der Waals surface area contributed by atoms with Crippen LogP contribution in [-0.4, -0.2) is 55.0 Å². The average Bonchev–Trinajstić information content (AvgIpc) is 3.46. The van der Waals surface area contributed by atoms with Crippen molar-refractivity contribution in [3.8, 4) is 0 Å². The maximum atomic E-state index is 13.6. The molecule has 2 saturated carbocycles. The van der Waals surface area contributed by atoms with Crippen molar-refractivity contribution in [1.29, 1.82) is 0 Å². The van der Waals surface area contributed by atoms with Crippen molar-refractivity contribution in [2.75, 3.05) is 26.4 Å². The number of hydrogen-bond acceptors (Lipinski definition) is 6. The van der Waals surface area contributed by atoms with Crippen molar-refractivity contribution in [2.24, 2.45) is 17.8 Å². The summed E-state index contributed by atoms with van der Waals surface area (Å²) in [5, 5.41) is 0. The first-order chi connectivity index (χ1) is 13.5. The molecular weight excluding hydrogens is 360 g/mol. The maximum absolute atomic E-state index is 13.6. The summed E-state index contributed by atoms with van der Waals surface area (Å²) in [6.45, 7) is 4.91. The van der Waals surface area contributed by atoms with E-state index in [-0.39, 0.29) is 17.1 Å². The van der Waals surface area contributed by atoms with Crippen LogP contribution in [0, 0.1) is 17.8 Å². The van der Waals surface area contributed by atoms with Gasteiger partial charge in [0.05, 0.1) is 43.5 Å². The van der Waals surface area contributed by atoms with Gasteiger partial charge in [-0.2, -0.15) is 0 Å². The third kappa shape index (κ3) is 2.36. The Morgan fingerprint density at radius 1 is 0.821 bits per heavy atom. The summed E-state index contributed by atoms with van der Waals surface area (Å²) in [6, 6.07) is 0. The molecule has 4 saturated heterocycles. The van der Waals surface area contributed by atoms with Crippen molar-refractivity contribution in [3.63, 3.8) is 0 Å². The van der Waals surface area contributed by atoms with Gasteiger partial charge in [0, 0.05) is 38.0 Å². The lowest BCUT2D eigenvalue weighted by atomic mass is 9.56. The van der Waals surface area contributed by atoms with Crippen LogP contribution in [0.25, 0.3) is 0 Å². The first-order valence-electron chi connectivity index (χ1n) is 11.3. The standard InChI is InChI=1S/C22H32O6/c1-15-2-5-20(24-10-11-25-20)7-4-17(23)18-16-3-6-21(26-12-13-27-21)14-19(16)8-9-22(15,18)28-19/h15-16,18H,2-14H2,1H3/t15-,16?,18?,19?,22-/m0/s1. The Balaban J connectivity index is 1.34. The zero-order valence-corrected chi connectivity index (χ0v) is 16.9.